The van der Waals surface area contributed by atoms with Crippen LogP contribution in [0.2, 0.25) is 0 Å². The van der Waals surface area contributed by atoms with Crippen molar-refractivity contribution < 1.29 is 18.4 Å². The third kappa shape index (κ3) is 3.09. The van der Waals surface area contributed by atoms with Crippen molar-refractivity contribution in [2.45, 2.75) is 31.2 Å². The Bertz CT molecular complexity index is 606. The highest BCUT2D eigenvalue weighted by Crippen LogP contribution is 2.27. The Hall–Kier alpha value is -2.02. The average molecular weight is 309 g/mol. The van der Waals surface area contributed by atoms with Crippen molar-refractivity contribution in [2.75, 3.05) is 23.3 Å². The summed E-state index contributed by atoms with van der Waals surface area (Å²) in [6.07, 6.45) is 0.845. The van der Waals surface area contributed by atoms with E-state index in [9.17, 15) is 18.4 Å². The van der Waals surface area contributed by atoms with Gasteiger partial charge in [0.1, 0.15) is 0 Å². The summed E-state index contributed by atoms with van der Waals surface area (Å²) in [6.45, 7) is 0.181. The van der Waals surface area contributed by atoms with Crippen LogP contribution in [0.3, 0.4) is 0 Å². The summed E-state index contributed by atoms with van der Waals surface area (Å²) >= 11 is 0. The van der Waals surface area contributed by atoms with Crippen LogP contribution in [-0.2, 0) is 9.59 Å². The summed E-state index contributed by atoms with van der Waals surface area (Å²) in [6, 6.07) is 5.99. The first-order valence-electron chi connectivity index (χ1n) is 7.27. The molecule has 0 bridgehead atoms. The number of carbonyl (C=O) groups excluding carboxylic acids is 2. The van der Waals surface area contributed by atoms with Crippen molar-refractivity contribution in [3.8, 4) is 0 Å². The molecule has 2 fully saturated rings. The van der Waals surface area contributed by atoms with Gasteiger partial charge in [0.15, 0.2) is 0 Å². The number of rotatable bonds is 3. The van der Waals surface area contributed by atoms with Gasteiger partial charge in [-0.3, -0.25) is 14.9 Å². The molecular formula is C15H17F2N3O2. The van der Waals surface area contributed by atoms with Crippen molar-refractivity contribution in [3.63, 3.8) is 0 Å². The van der Waals surface area contributed by atoms with E-state index in [1.165, 1.54) is 0 Å². The number of anilines is 2. The lowest BCUT2D eigenvalue weighted by Gasteiger charge is -2.17. The fourth-order valence-electron chi connectivity index (χ4n) is 2.80. The standard InChI is InChI=1S/C15H17F2N3O2/c16-15(17)8-12(18-9-15)14(22)19-10-3-1-4-11(7-10)20-6-2-5-13(20)21/h1,3-4,7,12,18H,2,5-6,8-9H2,(H,19,22). The molecule has 0 aromatic heterocycles. The highest BCUT2D eigenvalue weighted by molar-refractivity contribution is 5.98. The molecule has 2 saturated heterocycles. The third-order valence-corrected chi connectivity index (χ3v) is 3.93. The van der Waals surface area contributed by atoms with E-state index in [2.05, 4.69) is 10.6 Å². The Morgan fingerprint density at radius 3 is 2.86 bits per heavy atom. The zero-order valence-corrected chi connectivity index (χ0v) is 11.9. The second-order valence-corrected chi connectivity index (χ2v) is 5.68. The average Bonchev–Trinajstić information content (AvgIpc) is 3.05. The zero-order valence-electron chi connectivity index (χ0n) is 11.9. The number of nitrogens with zero attached hydrogens (tertiary/aromatic N) is 1. The minimum absolute atomic E-state index is 0.0561. The molecule has 5 nitrogen and oxygen atoms in total. The van der Waals surface area contributed by atoms with Gasteiger partial charge in [-0.25, -0.2) is 8.78 Å². The number of carbonyl (C=O) groups is 2. The normalized spacial score (nSPS) is 23.8. The Kier molecular flexibility index (Phi) is 3.82. The van der Waals surface area contributed by atoms with Gasteiger partial charge in [-0.05, 0) is 24.6 Å². The van der Waals surface area contributed by atoms with Gasteiger partial charge >= 0.3 is 0 Å². The van der Waals surface area contributed by atoms with Gasteiger partial charge in [-0.15, -0.1) is 0 Å². The molecule has 2 aliphatic heterocycles. The van der Waals surface area contributed by atoms with E-state index < -0.39 is 30.8 Å². The van der Waals surface area contributed by atoms with E-state index in [0.717, 1.165) is 6.42 Å². The minimum atomic E-state index is -2.84. The Morgan fingerprint density at radius 1 is 1.41 bits per heavy atom. The van der Waals surface area contributed by atoms with E-state index >= 15 is 0 Å². The summed E-state index contributed by atoms with van der Waals surface area (Å²) in [5, 5.41) is 5.14. The molecule has 2 N–H and O–H groups in total. The number of halogens is 2. The second-order valence-electron chi connectivity index (χ2n) is 5.68. The molecule has 1 unspecified atom stereocenters. The maximum absolute atomic E-state index is 13.1. The van der Waals surface area contributed by atoms with Crippen LogP contribution in [0.15, 0.2) is 24.3 Å². The van der Waals surface area contributed by atoms with Crippen LogP contribution in [0.1, 0.15) is 19.3 Å². The zero-order chi connectivity index (χ0) is 15.7. The van der Waals surface area contributed by atoms with E-state index in [0.29, 0.717) is 24.3 Å². The Morgan fingerprint density at radius 2 is 2.23 bits per heavy atom. The molecule has 3 rings (SSSR count). The minimum Gasteiger partial charge on any atom is -0.325 e. The molecule has 0 spiro atoms. The van der Waals surface area contributed by atoms with Crippen LogP contribution in [0, 0.1) is 0 Å². The van der Waals surface area contributed by atoms with Crippen LogP contribution in [0.4, 0.5) is 20.2 Å². The van der Waals surface area contributed by atoms with Crippen LogP contribution in [0.5, 0.6) is 0 Å². The fraction of sp³-hybridized carbons (Fsp3) is 0.467. The summed E-state index contributed by atoms with van der Waals surface area (Å²) in [5.41, 5.74) is 1.21. The molecule has 1 atom stereocenters. The first-order valence-corrected chi connectivity index (χ1v) is 7.27. The van der Waals surface area contributed by atoms with Crippen molar-refractivity contribution in [1.82, 2.24) is 5.32 Å². The summed E-state index contributed by atoms with van der Waals surface area (Å²) in [5.74, 6) is -3.27. The maximum Gasteiger partial charge on any atom is 0.262 e. The number of alkyl halides is 2. The molecule has 1 aromatic rings. The van der Waals surface area contributed by atoms with Gasteiger partial charge in [0, 0.05) is 30.8 Å². The number of hydrogen-bond donors (Lipinski definition) is 2. The summed E-state index contributed by atoms with van der Waals surface area (Å²) < 4.78 is 26.2. The van der Waals surface area contributed by atoms with Gasteiger partial charge in [0.05, 0.1) is 12.6 Å². The van der Waals surface area contributed by atoms with Gasteiger partial charge in [-0.2, -0.15) is 0 Å². The topological polar surface area (TPSA) is 61.4 Å². The summed E-state index contributed by atoms with van der Waals surface area (Å²) in [4.78, 5) is 25.4. The number of hydrogen-bond acceptors (Lipinski definition) is 3. The summed E-state index contributed by atoms with van der Waals surface area (Å²) in [7, 11) is 0. The van der Waals surface area contributed by atoms with Crippen molar-refractivity contribution >= 4 is 23.2 Å². The maximum atomic E-state index is 13.1. The molecule has 0 radical (unpaired) electrons. The largest absolute Gasteiger partial charge is 0.325 e. The highest BCUT2D eigenvalue weighted by atomic mass is 19.3. The molecule has 118 valence electrons. The lowest BCUT2D eigenvalue weighted by molar-refractivity contribution is -0.118. The van der Waals surface area contributed by atoms with E-state index in [1.807, 2.05) is 0 Å². The number of benzene rings is 1. The molecule has 1 aromatic carbocycles. The lowest BCUT2D eigenvalue weighted by Crippen LogP contribution is -2.35. The predicted molar refractivity (Wildman–Crippen MR) is 78.0 cm³/mol. The third-order valence-electron chi connectivity index (χ3n) is 3.93. The molecule has 7 heteroatoms. The van der Waals surface area contributed by atoms with Gasteiger partial charge in [0.25, 0.3) is 5.92 Å². The SMILES string of the molecule is O=C(Nc1cccc(N2CCCC2=O)c1)C1CC(F)(F)CN1. The Balaban J connectivity index is 1.68. The first kappa shape index (κ1) is 14.9. The van der Waals surface area contributed by atoms with Crippen molar-refractivity contribution in [1.29, 1.82) is 0 Å². The van der Waals surface area contributed by atoms with Gasteiger partial charge in [0.2, 0.25) is 11.8 Å². The molecular weight excluding hydrogens is 292 g/mol. The van der Waals surface area contributed by atoms with Crippen LogP contribution in [-0.4, -0.2) is 36.9 Å². The monoisotopic (exact) mass is 309 g/mol. The Labute approximate surface area is 126 Å². The van der Waals surface area contributed by atoms with E-state index in [1.54, 1.807) is 29.2 Å². The second kappa shape index (κ2) is 5.64. The van der Waals surface area contributed by atoms with Crippen LogP contribution < -0.4 is 15.5 Å². The molecule has 22 heavy (non-hydrogen) atoms. The lowest BCUT2D eigenvalue weighted by atomic mass is 10.1. The van der Waals surface area contributed by atoms with Gasteiger partial charge < -0.3 is 10.2 Å². The van der Waals surface area contributed by atoms with Crippen molar-refractivity contribution in [3.05, 3.63) is 24.3 Å². The molecule has 2 amide bonds. The predicted octanol–water partition coefficient (Wildman–Crippen LogP) is 1.75. The molecule has 0 saturated carbocycles. The van der Waals surface area contributed by atoms with Gasteiger partial charge in [-0.1, -0.05) is 6.07 Å². The quantitative estimate of drug-likeness (QED) is 0.894. The van der Waals surface area contributed by atoms with E-state index in [4.69, 9.17) is 0 Å². The van der Waals surface area contributed by atoms with Crippen LogP contribution in [0.25, 0.3) is 0 Å². The number of amides is 2. The molecule has 0 aliphatic carbocycles. The smallest absolute Gasteiger partial charge is 0.262 e. The number of nitrogens with one attached hydrogen (secondary N) is 2. The van der Waals surface area contributed by atoms with E-state index in [-0.39, 0.29) is 5.91 Å². The molecule has 2 heterocycles. The highest BCUT2D eigenvalue weighted by Gasteiger charge is 2.42. The molecule has 2 aliphatic rings. The fourth-order valence-corrected chi connectivity index (χ4v) is 2.80. The van der Waals surface area contributed by atoms with Crippen molar-refractivity contribution in [2.24, 2.45) is 0 Å². The van der Waals surface area contributed by atoms with Crippen LogP contribution >= 0.6 is 0 Å². The first-order chi connectivity index (χ1) is 10.4.